The maximum atomic E-state index is 5.76. The van der Waals surface area contributed by atoms with E-state index in [0.717, 1.165) is 22.0 Å². The van der Waals surface area contributed by atoms with E-state index in [2.05, 4.69) is 27.5 Å². The van der Waals surface area contributed by atoms with Crippen molar-refractivity contribution >= 4 is 33.1 Å². The third-order valence-corrected chi connectivity index (χ3v) is 2.49. The molecule has 1 rings (SSSR count). The minimum atomic E-state index is 0.469. The van der Waals surface area contributed by atoms with Crippen LogP contribution in [0.25, 0.3) is 5.57 Å². The molecule has 0 saturated heterocycles. The maximum Gasteiger partial charge on any atom is 0.129 e. The van der Waals surface area contributed by atoms with Crippen LogP contribution < -0.4 is 5.73 Å². The van der Waals surface area contributed by atoms with E-state index in [1.54, 1.807) is 12.3 Å². The Bertz CT molecular complexity index is 325. The molecule has 13 heavy (non-hydrogen) atoms. The Balaban J connectivity index is 2.99. The van der Waals surface area contributed by atoms with Gasteiger partial charge in [0.05, 0.1) is 0 Å². The first-order chi connectivity index (χ1) is 6.15. The number of nitrogens with zero attached hydrogens (tertiary/aromatic N) is 1. The average Bonchev–Trinajstić information content (AvgIpc) is 2.09. The minimum absolute atomic E-state index is 0.469. The minimum Gasteiger partial charge on any atom is -0.330 e. The monoisotopic (exact) mass is 260 g/mol. The molecule has 0 aliphatic rings. The number of halogens is 2. The van der Waals surface area contributed by atoms with Crippen molar-refractivity contribution in [1.29, 1.82) is 0 Å². The molecule has 1 aromatic rings. The Morgan fingerprint density at radius 3 is 3.00 bits per heavy atom. The van der Waals surface area contributed by atoms with Crippen molar-refractivity contribution in [2.45, 2.75) is 6.42 Å². The van der Waals surface area contributed by atoms with Crippen LogP contribution in [0.5, 0.6) is 0 Å². The highest BCUT2D eigenvalue weighted by atomic mass is 79.9. The molecular weight excluding hydrogens is 251 g/mol. The molecule has 2 nitrogen and oxygen atoms in total. The van der Waals surface area contributed by atoms with Crippen LogP contribution in [-0.2, 0) is 0 Å². The predicted molar refractivity (Wildman–Crippen MR) is 59.7 cm³/mol. The fourth-order valence-corrected chi connectivity index (χ4v) is 1.65. The molecule has 2 N–H and O–H groups in total. The van der Waals surface area contributed by atoms with Crippen molar-refractivity contribution in [1.82, 2.24) is 4.98 Å². The first-order valence-corrected chi connectivity index (χ1v) is 5.01. The van der Waals surface area contributed by atoms with Gasteiger partial charge in [-0.1, -0.05) is 18.2 Å². The van der Waals surface area contributed by atoms with Gasteiger partial charge in [0, 0.05) is 10.7 Å². The van der Waals surface area contributed by atoms with Crippen molar-refractivity contribution < 1.29 is 0 Å². The lowest BCUT2D eigenvalue weighted by Crippen LogP contribution is -1.99. The number of hydrogen-bond donors (Lipinski definition) is 1. The Labute approximate surface area is 90.9 Å². The molecule has 0 aliphatic carbocycles. The van der Waals surface area contributed by atoms with E-state index >= 15 is 0 Å². The Morgan fingerprint density at radius 2 is 2.38 bits per heavy atom. The zero-order valence-electron chi connectivity index (χ0n) is 7.06. The van der Waals surface area contributed by atoms with Gasteiger partial charge in [-0.3, -0.25) is 0 Å². The SMILES string of the molecule is C=C(CCN)c1cc(Cl)ncc1Br. The summed E-state index contributed by atoms with van der Waals surface area (Å²) in [5.74, 6) is 0. The van der Waals surface area contributed by atoms with Gasteiger partial charge in [-0.25, -0.2) is 4.98 Å². The standard InChI is InChI=1S/C9H10BrClN2/c1-6(2-3-12)7-4-9(11)13-5-8(7)10/h4-5H,1-3,12H2. The Morgan fingerprint density at radius 1 is 1.69 bits per heavy atom. The fraction of sp³-hybridized carbons (Fsp3) is 0.222. The molecule has 0 spiro atoms. The van der Waals surface area contributed by atoms with E-state index in [-0.39, 0.29) is 0 Å². The summed E-state index contributed by atoms with van der Waals surface area (Å²) >= 11 is 9.13. The third kappa shape index (κ3) is 2.79. The number of hydrogen-bond acceptors (Lipinski definition) is 2. The highest BCUT2D eigenvalue weighted by Crippen LogP contribution is 2.26. The normalized spacial score (nSPS) is 10.1. The predicted octanol–water partition coefficient (Wildman–Crippen LogP) is 2.86. The van der Waals surface area contributed by atoms with Crippen molar-refractivity contribution in [2.24, 2.45) is 5.73 Å². The van der Waals surface area contributed by atoms with E-state index < -0.39 is 0 Å². The summed E-state index contributed by atoms with van der Waals surface area (Å²) in [5, 5.41) is 0.469. The molecule has 0 amide bonds. The maximum absolute atomic E-state index is 5.76. The summed E-state index contributed by atoms with van der Waals surface area (Å²) in [6.45, 7) is 4.51. The molecule has 70 valence electrons. The molecule has 0 bridgehead atoms. The van der Waals surface area contributed by atoms with Crippen LogP contribution in [0.2, 0.25) is 5.15 Å². The molecular formula is C9H10BrClN2. The molecule has 0 unspecified atom stereocenters. The van der Waals surface area contributed by atoms with Crippen LogP contribution in [0.15, 0.2) is 23.3 Å². The second-order valence-corrected chi connectivity index (χ2v) is 3.87. The van der Waals surface area contributed by atoms with Gasteiger partial charge in [0.1, 0.15) is 5.15 Å². The molecule has 0 radical (unpaired) electrons. The highest BCUT2D eigenvalue weighted by Gasteiger charge is 2.04. The lowest BCUT2D eigenvalue weighted by atomic mass is 10.1. The summed E-state index contributed by atoms with van der Waals surface area (Å²) in [6.07, 6.45) is 2.43. The number of aromatic nitrogens is 1. The van der Waals surface area contributed by atoms with Crippen LogP contribution in [0.3, 0.4) is 0 Å². The Hall–Kier alpha value is -0.380. The zero-order chi connectivity index (χ0) is 9.84. The lowest BCUT2D eigenvalue weighted by Gasteiger charge is -2.06. The summed E-state index contributed by atoms with van der Waals surface area (Å²) in [6, 6.07) is 1.78. The lowest BCUT2D eigenvalue weighted by molar-refractivity contribution is 1.02. The van der Waals surface area contributed by atoms with Crippen molar-refractivity contribution in [3.63, 3.8) is 0 Å². The van der Waals surface area contributed by atoms with E-state index in [0.29, 0.717) is 11.7 Å². The largest absolute Gasteiger partial charge is 0.330 e. The van der Waals surface area contributed by atoms with Crippen LogP contribution >= 0.6 is 27.5 Å². The average molecular weight is 262 g/mol. The summed E-state index contributed by atoms with van der Waals surface area (Å²) < 4.78 is 0.898. The van der Waals surface area contributed by atoms with E-state index in [1.807, 2.05) is 0 Å². The van der Waals surface area contributed by atoms with Crippen LogP contribution in [0.4, 0.5) is 0 Å². The van der Waals surface area contributed by atoms with Gasteiger partial charge < -0.3 is 5.73 Å². The van der Waals surface area contributed by atoms with Crippen molar-refractivity contribution in [3.8, 4) is 0 Å². The zero-order valence-corrected chi connectivity index (χ0v) is 9.40. The number of rotatable bonds is 3. The van der Waals surface area contributed by atoms with E-state index in [9.17, 15) is 0 Å². The molecule has 1 aromatic heterocycles. The molecule has 0 fully saturated rings. The second-order valence-electron chi connectivity index (χ2n) is 2.63. The van der Waals surface area contributed by atoms with Gasteiger partial charge in [-0.15, -0.1) is 0 Å². The van der Waals surface area contributed by atoms with Gasteiger partial charge in [0.25, 0.3) is 0 Å². The molecule has 4 heteroatoms. The first-order valence-electron chi connectivity index (χ1n) is 3.84. The molecule has 0 atom stereocenters. The number of pyridine rings is 1. The first kappa shape index (κ1) is 10.7. The van der Waals surface area contributed by atoms with Crippen LogP contribution in [0, 0.1) is 0 Å². The van der Waals surface area contributed by atoms with Gasteiger partial charge in [0.2, 0.25) is 0 Å². The van der Waals surface area contributed by atoms with Gasteiger partial charge in [0.15, 0.2) is 0 Å². The molecule has 0 saturated carbocycles. The van der Waals surface area contributed by atoms with Gasteiger partial charge in [-0.2, -0.15) is 0 Å². The van der Waals surface area contributed by atoms with Gasteiger partial charge >= 0.3 is 0 Å². The van der Waals surface area contributed by atoms with Gasteiger partial charge in [-0.05, 0) is 46.1 Å². The summed E-state index contributed by atoms with van der Waals surface area (Å²) in [4.78, 5) is 3.93. The Kier molecular flexibility index (Phi) is 3.90. The van der Waals surface area contributed by atoms with Crippen molar-refractivity contribution in [3.05, 3.63) is 34.0 Å². The summed E-state index contributed by atoms with van der Waals surface area (Å²) in [7, 11) is 0. The van der Waals surface area contributed by atoms with Crippen LogP contribution in [-0.4, -0.2) is 11.5 Å². The highest BCUT2D eigenvalue weighted by molar-refractivity contribution is 9.10. The molecule has 1 heterocycles. The quantitative estimate of drug-likeness (QED) is 0.850. The second kappa shape index (κ2) is 4.74. The van der Waals surface area contributed by atoms with Crippen LogP contribution in [0.1, 0.15) is 12.0 Å². The van der Waals surface area contributed by atoms with E-state index in [4.69, 9.17) is 17.3 Å². The summed E-state index contributed by atoms with van der Waals surface area (Å²) in [5.41, 5.74) is 7.38. The third-order valence-electron chi connectivity index (χ3n) is 1.65. The number of nitrogens with two attached hydrogens (primary N) is 1. The smallest absolute Gasteiger partial charge is 0.129 e. The fourth-order valence-electron chi connectivity index (χ4n) is 0.993. The molecule has 0 aromatic carbocycles. The topological polar surface area (TPSA) is 38.9 Å². The van der Waals surface area contributed by atoms with Crippen molar-refractivity contribution in [2.75, 3.05) is 6.54 Å². The molecule has 0 aliphatic heterocycles. The van der Waals surface area contributed by atoms with E-state index in [1.165, 1.54) is 0 Å².